The van der Waals surface area contributed by atoms with Crippen molar-refractivity contribution in [3.63, 3.8) is 0 Å². The monoisotopic (exact) mass is 252 g/mol. The van der Waals surface area contributed by atoms with Gasteiger partial charge < -0.3 is 10.0 Å². The second-order valence-electron chi connectivity index (χ2n) is 4.40. The van der Waals surface area contributed by atoms with Crippen molar-refractivity contribution >= 4 is 11.9 Å². The van der Waals surface area contributed by atoms with Gasteiger partial charge in [-0.2, -0.15) is 0 Å². The first-order valence-corrected chi connectivity index (χ1v) is 5.65. The van der Waals surface area contributed by atoms with Crippen molar-refractivity contribution in [2.24, 2.45) is 5.92 Å². The lowest BCUT2D eigenvalue weighted by molar-refractivity contribution is -0.142. The van der Waals surface area contributed by atoms with Crippen LogP contribution in [0.4, 0.5) is 4.39 Å². The molecule has 1 N–H and O–H groups in total. The molecule has 0 spiro atoms. The van der Waals surface area contributed by atoms with Crippen LogP contribution in [0.3, 0.4) is 0 Å². The Bertz CT molecular complexity index is 492. The number of carbonyl (C=O) groups excluding carboxylic acids is 1. The molecule has 0 aromatic carbocycles. The minimum absolute atomic E-state index is 0.128. The lowest BCUT2D eigenvalue weighted by Crippen LogP contribution is -2.43. The molecule has 0 saturated carbocycles. The quantitative estimate of drug-likeness (QED) is 0.857. The van der Waals surface area contributed by atoms with Gasteiger partial charge in [-0.3, -0.25) is 9.78 Å². The molecule has 18 heavy (non-hydrogen) atoms. The normalized spacial score (nSPS) is 23.1. The maximum absolute atomic E-state index is 13.5. The summed E-state index contributed by atoms with van der Waals surface area (Å²) in [7, 11) is 0. The number of carboxylic acid groups (broad SMARTS) is 1. The van der Waals surface area contributed by atoms with Crippen molar-refractivity contribution in [3.05, 3.63) is 29.8 Å². The molecular formula is C12H13FN2O3. The van der Waals surface area contributed by atoms with Gasteiger partial charge in [0.05, 0.1) is 11.8 Å². The molecule has 0 bridgehead atoms. The van der Waals surface area contributed by atoms with Crippen LogP contribution in [0.25, 0.3) is 0 Å². The van der Waals surface area contributed by atoms with Crippen molar-refractivity contribution < 1.29 is 19.1 Å². The maximum atomic E-state index is 13.5. The molecule has 1 aliphatic heterocycles. The van der Waals surface area contributed by atoms with Gasteiger partial charge in [0.15, 0.2) is 5.82 Å². The summed E-state index contributed by atoms with van der Waals surface area (Å²) in [6, 6.07) is 0.379. The fourth-order valence-corrected chi connectivity index (χ4v) is 2.25. The SMILES string of the molecule is CC1CCN(C(=O)c2ccncc2F)C1C(=O)O. The van der Waals surface area contributed by atoms with Gasteiger partial charge in [-0.1, -0.05) is 6.92 Å². The van der Waals surface area contributed by atoms with Crippen LogP contribution in [0.15, 0.2) is 18.5 Å². The molecule has 6 heteroatoms. The van der Waals surface area contributed by atoms with Crippen LogP contribution in [0.2, 0.25) is 0 Å². The average Bonchev–Trinajstić information content (AvgIpc) is 2.71. The molecule has 0 radical (unpaired) electrons. The standard InChI is InChI=1S/C12H13FN2O3/c1-7-3-5-15(10(7)12(17)18)11(16)8-2-4-14-6-9(8)13/h2,4,6-7,10H,3,5H2,1H3,(H,17,18). The zero-order valence-corrected chi connectivity index (χ0v) is 9.84. The Morgan fingerprint density at radius 1 is 1.56 bits per heavy atom. The summed E-state index contributed by atoms with van der Waals surface area (Å²) in [5.41, 5.74) is -0.134. The number of amides is 1. The first-order valence-electron chi connectivity index (χ1n) is 5.65. The summed E-state index contributed by atoms with van der Waals surface area (Å²) >= 11 is 0. The molecule has 1 fully saturated rings. The molecule has 96 valence electrons. The van der Waals surface area contributed by atoms with Gasteiger partial charge in [-0.05, 0) is 18.4 Å². The highest BCUT2D eigenvalue weighted by Gasteiger charge is 2.40. The van der Waals surface area contributed by atoms with E-state index in [1.807, 2.05) is 0 Å². The molecule has 1 aliphatic rings. The molecule has 1 aromatic rings. The highest BCUT2D eigenvalue weighted by Crippen LogP contribution is 2.26. The molecule has 5 nitrogen and oxygen atoms in total. The van der Waals surface area contributed by atoms with Crippen molar-refractivity contribution in [3.8, 4) is 0 Å². The summed E-state index contributed by atoms with van der Waals surface area (Å²) in [6.45, 7) is 2.10. The summed E-state index contributed by atoms with van der Waals surface area (Å²) in [5, 5.41) is 9.12. The molecule has 1 saturated heterocycles. The molecule has 2 atom stereocenters. The van der Waals surface area contributed by atoms with Crippen LogP contribution in [0, 0.1) is 11.7 Å². The van der Waals surface area contributed by atoms with Gasteiger partial charge in [0.1, 0.15) is 6.04 Å². The number of hydrogen-bond acceptors (Lipinski definition) is 3. The predicted octanol–water partition coefficient (Wildman–Crippen LogP) is 1.16. The highest BCUT2D eigenvalue weighted by atomic mass is 19.1. The van der Waals surface area contributed by atoms with E-state index in [0.29, 0.717) is 13.0 Å². The van der Waals surface area contributed by atoms with Crippen molar-refractivity contribution in [2.45, 2.75) is 19.4 Å². The third-order valence-corrected chi connectivity index (χ3v) is 3.22. The topological polar surface area (TPSA) is 70.5 Å². The molecule has 1 amide bonds. The lowest BCUT2D eigenvalue weighted by Gasteiger charge is -2.23. The Hall–Kier alpha value is -1.98. The Balaban J connectivity index is 2.29. The van der Waals surface area contributed by atoms with Crippen LogP contribution >= 0.6 is 0 Å². The van der Waals surface area contributed by atoms with Crippen molar-refractivity contribution in [2.75, 3.05) is 6.54 Å². The zero-order valence-electron chi connectivity index (χ0n) is 9.84. The number of hydrogen-bond donors (Lipinski definition) is 1. The molecule has 2 rings (SSSR count). The number of aliphatic carboxylic acids is 1. The number of nitrogens with zero attached hydrogens (tertiary/aromatic N) is 2. The number of aromatic nitrogens is 1. The number of rotatable bonds is 2. The third kappa shape index (κ3) is 2.05. The van der Waals surface area contributed by atoms with E-state index in [-0.39, 0.29) is 11.5 Å². The number of halogens is 1. The Morgan fingerprint density at radius 2 is 2.28 bits per heavy atom. The van der Waals surface area contributed by atoms with Crippen LogP contribution in [-0.2, 0) is 4.79 Å². The average molecular weight is 252 g/mol. The van der Waals surface area contributed by atoms with Crippen LogP contribution in [0.5, 0.6) is 0 Å². The van der Waals surface area contributed by atoms with Gasteiger partial charge in [0, 0.05) is 12.7 Å². The van der Waals surface area contributed by atoms with E-state index in [1.54, 1.807) is 6.92 Å². The second-order valence-corrected chi connectivity index (χ2v) is 4.40. The van der Waals surface area contributed by atoms with Gasteiger partial charge in [0.2, 0.25) is 0 Å². The minimum atomic E-state index is -1.05. The Labute approximate surface area is 103 Å². The Kier molecular flexibility index (Phi) is 3.27. The van der Waals surface area contributed by atoms with Crippen molar-refractivity contribution in [1.82, 2.24) is 9.88 Å². The van der Waals surface area contributed by atoms with E-state index in [1.165, 1.54) is 17.2 Å². The van der Waals surface area contributed by atoms with Gasteiger partial charge >= 0.3 is 5.97 Å². The van der Waals surface area contributed by atoms with E-state index < -0.39 is 23.7 Å². The minimum Gasteiger partial charge on any atom is -0.480 e. The van der Waals surface area contributed by atoms with Gasteiger partial charge in [-0.25, -0.2) is 9.18 Å². The lowest BCUT2D eigenvalue weighted by atomic mass is 10.0. The van der Waals surface area contributed by atoms with E-state index in [9.17, 15) is 14.0 Å². The molecular weight excluding hydrogens is 239 g/mol. The van der Waals surface area contributed by atoms with E-state index >= 15 is 0 Å². The fraction of sp³-hybridized carbons (Fsp3) is 0.417. The summed E-state index contributed by atoms with van der Waals surface area (Å²) in [6.07, 6.45) is 2.86. The van der Waals surface area contributed by atoms with Crippen LogP contribution in [0.1, 0.15) is 23.7 Å². The van der Waals surface area contributed by atoms with Crippen molar-refractivity contribution in [1.29, 1.82) is 0 Å². The number of carboxylic acids is 1. The number of pyridine rings is 1. The molecule has 2 heterocycles. The Morgan fingerprint density at radius 3 is 2.89 bits per heavy atom. The highest BCUT2D eigenvalue weighted by molar-refractivity contribution is 5.97. The summed E-state index contributed by atoms with van der Waals surface area (Å²) in [4.78, 5) is 28.0. The van der Waals surface area contributed by atoms with Crippen LogP contribution in [-0.4, -0.2) is 39.5 Å². The molecule has 1 aromatic heterocycles. The van der Waals surface area contributed by atoms with E-state index in [4.69, 9.17) is 5.11 Å². The molecule has 0 aliphatic carbocycles. The first kappa shape index (κ1) is 12.5. The smallest absolute Gasteiger partial charge is 0.326 e. The van der Waals surface area contributed by atoms with Gasteiger partial charge in [-0.15, -0.1) is 0 Å². The third-order valence-electron chi connectivity index (χ3n) is 3.22. The number of likely N-dealkylation sites (tertiary alicyclic amines) is 1. The predicted molar refractivity (Wildman–Crippen MR) is 60.4 cm³/mol. The molecule has 2 unspecified atom stereocenters. The van der Waals surface area contributed by atoms with Gasteiger partial charge in [0.25, 0.3) is 5.91 Å². The van der Waals surface area contributed by atoms with Crippen LogP contribution < -0.4 is 0 Å². The maximum Gasteiger partial charge on any atom is 0.326 e. The summed E-state index contributed by atoms with van der Waals surface area (Å²) < 4.78 is 13.5. The first-order chi connectivity index (χ1) is 8.52. The van der Waals surface area contributed by atoms with E-state index in [2.05, 4.69) is 4.98 Å². The number of carbonyl (C=O) groups is 2. The zero-order chi connectivity index (χ0) is 13.3. The second kappa shape index (κ2) is 4.72. The largest absolute Gasteiger partial charge is 0.480 e. The fourth-order valence-electron chi connectivity index (χ4n) is 2.25. The van der Waals surface area contributed by atoms with E-state index in [0.717, 1.165) is 6.20 Å². The summed E-state index contributed by atoms with van der Waals surface area (Å²) in [5.74, 6) is -2.50.